The molecule has 0 bridgehead atoms. The third-order valence-corrected chi connectivity index (χ3v) is 3.09. The van der Waals surface area contributed by atoms with Gasteiger partial charge in [0, 0.05) is 22.4 Å². The molecule has 0 spiro atoms. The second kappa shape index (κ2) is 5.68. The molecule has 0 saturated heterocycles. The molecular formula is C13H13BrN2O. The van der Waals surface area contributed by atoms with E-state index in [0.29, 0.717) is 6.54 Å². The van der Waals surface area contributed by atoms with E-state index in [1.54, 1.807) is 13.3 Å². The van der Waals surface area contributed by atoms with Gasteiger partial charge in [0.25, 0.3) is 0 Å². The molecular weight excluding hydrogens is 280 g/mol. The maximum Gasteiger partial charge on any atom is 0.120 e. The molecule has 1 heterocycles. The smallest absolute Gasteiger partial charge is 0.120 e. The quantitative estimate of drug-likeness (QED) is 0.937. The molecule has 1 aromatic carbocycles. The molecule has 0 unspecified atom stereocenters. The number of ether oxygens (including phenoxy) is 1. The normalized spacial score (nSPS) is 10.0. The van der Waals surface area contributed by atoms with E-state index in [9.17, 15) is 0 Å². The molecule has 4 heteroatoms. The summed E-state index contributed by atoms with van der Waals surface area (Å²) < 4.78 is 6.18. The minimum Gasteiger partial charge on any atom is -0.497 e. The highest BCUT2D eigenvalue weighted by Gasteiger charge is 2.00. The minimum atomic E-state index is 0.675. The van der Waals surface area contributed by atoms with E-state index in [1.807, 2.05) is 36.4 Å². The van der Waals surface area contributed by atoms with Gasteiger partial charge in [-0.2, -0.15) is 0 Å². The van der Waals surface area contributed by atoms with Crippen molar-refractivity contribution < 1.29 is 4.74 Å². The zero-order valence-electron chi connectivity index (χ0n) is 9.48. The molecule has 0 saturated carbocycles. The summed E-state index contributed by atoms with van der Waals surface area (Å²) in [4.78, 5) is 4.30. The number of pyridine rings is 1. The van der Waals surface area contributed by atoms with Gasteiger partial charge < -0.3 is 10.1 Å². The Morgan fingerprint density at radius 3 is 2.94 bits per heavy atom. The van der Waals surface area contributed by atoms with Gasteiger partial charge in [-0.25, -0.2) is 0 Å². The van der Waals surface area contributed by atoms with Crippen LogP contribution < -0.4 is 10.1 Å². The van der Waals surface area contributed by atoms with E-state index in [4.69, 9.17) is 4.74 Å². The van der Waals surface area contributed by atoms with Crippen LogP contribution in [-0.2, 0) is 6.54 Å². The molecule has 0 aliphatic rings. The monoisotopic (exact) mass is 292 g/mol. The summed E-state index contributed by atoms with van der Waals surface area (Å²) in [5.41, 5.74) is 2.00. The number of rotatable bonds is 4. The summed E-state index contributed by atoms with van der Waals surface area (Å²) in [6, 6.07) is 11.7. The van der Waals surface area contributed by atoms with Gasteiger partial charge in [0.15, 0.2) is 0 Å². The van der Waals surface area contributed by atoms with Crippen molar-refractivity contribution in [2.75, 3.05) is 12.4 Å². The fourth-order valence-electron chi connectivity index (χ4n) is 1.47. The lowest BCUT2D eigenvalue weighted by Gasteiger charge is -2.08. The molecule has 2 rings (SSSR count). The van der Waals surface area contributed by atoms with Crippen LogP contribution in [-0.4, -0.2) is 12.1 Å². The Hall–Kier alpha value is -1.55. The van der Waals surface area contributed by atoms with Crippen molar-refractivity contribution in [2.45, 2.75) is 6.54 Å². The number of nitrogens with one attached hydrogen (secondary N) is 1. The number of aromatic nitrogens is 1. The topological polar surface area (TPSA) is 34.1 Å². The Morgan fingerprint density at radius 1 is 1.29 bits per heavy atom. The molecule has 0 aliphatic heterocycles. The first-order chi connectivity index (χ1) is 8.29. The van der Waals surface area contributed by atoms with Crippen LogP contribution in [0.4, 0.5) is 5.69 Å². The Balaban J connectivity index is 2.05. The van der Waals surface area contributed by atoms with Crippen LogP contribution in [0.15, 0.2) is 47.1 Å². The highest BCUT2D eigenvalue weighted by Crippen LogP contribution is 2.19. The third kappa shape index (κ3) is 3.20. The number of halogens is 1. The maximum absolute atomic E-state index is 5.17. The van der Waals surface area contributed by atoms with Gasteiger partial charge in [0.1, 0.15) is 5.75 Å². The van der Waals surface area contributed by atoms with Crippen LogP contribution in [0.1, 0.15) is 5.69 Å². The second-order valence-corrected chi connectivity index (χ2v) is 4.37. The fourth-order valence-corrected chi connectivity index (χ4v) is 1.86. The molecule has 0 amide bonds. The number of methoxy groups -OCH3 is 1. The zero-order chi connectivity index (χ0) is 12.1. The highest BCUT2D eigenvalue weighted by molar-refractivity contribution is 9.10. The van der Waals surface area contributed by atoms with Gasteiger partial charge in [-0.3, -0.25) is 4.98 Å². The number of benzene rings is 1. The summed E-state index contributed by atoms with van der Waals surface area (Å²) in [6.07, 6.45) is 1.79. The Labute approximate surface area is 109 Å². The summed E-state index contributed by atoms with van der Waals surface area (Å²) in [7, 11) is 1.66. The molecule has 1 aromatic heterocycles. The number of hydrogen-bond acceptors (Lipinski definition) is 3. The van der Waals surface area contributed by atoms with Crippen molar-refractivity contribution in [1.82, 2.24) is 4.98 Å². The molecule has 0 aliphatic carbocycles. The lowest BCUT2D eigenvalue weighted by Crippen LogP contribution is -2.02. The van der Waals surface area contributed by atoms with Crippen molar-refractivity contribution in [3.63, 3.8) is 0 Å². The average molecular weight is 293 g/mol. The minimum absolute atomic E-state index is 0.675. The predicted octanol–water partition coefficient (Wildman–Crippen LogP) is 3.46. The molecule has 3 nitrogen and oxygen atoms in total. The van der Waals surface area contributed by atoms with Gasteiger partial charge in [0.2, 0.25) is 0 Å². The van der Waals surface area contributed by atoms with Crippen LogP contribution >= 0.6 is 15.9 Å². The van der Waals surface area contributed by atoms with Crippen molar-refractivity contribution in [1.29, 1.82) is 0 Å². The van der Waals surface area contributed by atoms with E-state index in [-0.39, 0.29) is 0 Å². The first kappa shape index (κ1) is 11.9. The first-order valence-corrected chi connectivity index (χ1v) is 6.06. The summed E-state index contributed by atoms with van der Waals surface area (Å²) in [6.45, 7) is 0.675. The van der Waals surface area contributed by atoms with Crippen LogP contribution in [0.3, 0.4) is 0 Å². The van der Waals surface area contributed by atoms with Crippen molar-refractivity contribution in [2.24, 2.45) is 0 Å². The van der Waals surface area contributed by atoms with E-state index < -0.39 is 0 Å². The fraction of sp³-hybridized carbons (Fsp3) is 0.154. The summed E-state index contributed by atoms with van der Waals surface area (Å²) >= 11 is 3.47. The number of anilines is 1. The maximum atomic E-state index is 5.17. The zero-order valence-corrected chi connectivity index (χ0v) is 11.1. The van der Waals surface area contributed by atoms with Crippen LogP contribution in [0.2, 0.25) is 0 Å². The highest BCUT2D eigenvalue weighted by atomic mass is 79.9. The van der Waals surface area contributed by atoms with Gasteiger partial charge in [-0.1, -0.05) is 6.07 Å². The Morgan fingerprint density at radius 2 is 2.18 bits per heavy atom. The number of hydrogen-bond donors (Lipinski definition) is 1. The molecule has 0 atom stereocenters. The van der Waals surface area contributed by atoms with E-state index in [2.05, 4.69) is 26.2 Å². The third-order valence-electron chi connectivity index (χ3n) is 2.36. The molecule has 88 valence electrons. The van der Waals surface area contributed by atoms with Gasteiger partial charge >= 0.3 is 0 Å². The molecule has 2 aromatic rings. The van der Waals surface area contributed by atoms with Crippen LogP contribution in [0.25, 0.3) is 0 Å². The molecule has 0 fully saturated rings. The van der Waals surface area contributed by atoms with Gasteiger partial charge in [-0.15, -0.1) is 0 Å². The molecule has 17 heavy (non-hydrogen) atoms. The SMILES string of the molecule is COc1cccc(NCc2ncccc2Br)c1. The average Bonchev–Trinajstić information content (AvgIpc) is 2.38. The van der Waals surface area contributed by atoms with Crippen molar-refractivity contribution >= 4 is 21.6 Å². The number of nitrogens with zero attached hydrogens (tertiary/aromatic N) is 1. The van der Waals surface area contributed by atoms with E-state index in [1.165, 1.54) is 0 Å². The van der Waals surface area contributed by atoms with E-state index >= 15 is 0 Å². The predicted molar refractivity (Wildman–Crippen MR) is 72.3 cm³/mol. The lowest BCUT2D eigenvalue weighted by molar-refractivity contribution is 0.415. The second-order valence-electron chi connectivity index (χ2n) is 3.52. The summed E-state index contributed by atoms with van der Waals surface area (Å²) in [5, 5.41) is 3.30. The van der Waals surface area contributed by atoms with Crippen LogP contribution in [0.5, 0.6) is 5.75 Å². The van der Waals surface area contributed by atoms with Crippen LogP contribution in [0, 0.1) is 0 Å². The Bertz CT molecular complexity index is 502. The summed E-state index contributed by atoms with van der Waals surface area (Å²) in [5.74, 6) is 0.843. The van der Waals surface area contributed by atoms with Crippen molar-refractivity contribution in [3.8, 4) is 5.75 Å². The van der Waals surface area contributed by atoms with Gasteiger partial charge in [0.05, 0.1) is 19.3 Å². The largest absolute Gasteiger partial charge is 0.497 e. The Kier molecular flexibility index (Phi) is 3.98. The molecule has 1 N–H and O–H groups in total. The lowest BCUT2D eigenvalue weighted by atomic mass is 10.3. The molecule has 0 radical (unpaired) electrons. The van der Waals surface area contributed by atoms with E-state index in [0.717, 1.165) is 21.6 Å². The van der Waals surface area contributed by atoms with Crippen molar-refractivity contribution in [3.05, 3.63) is 52.8 Å². The van der Waals surface area contributed by atoms with Gasteiger partial charge in [-0.05, 0) is 40.2 Å². The first-order valence-electron chi connectivity index (χ1n) is 5.27. The standard InChI is InChI=1S/C13H13BrN2O/c1-17-11-5-2-4-10(8-11)16-9-13-12(14)6-3-7-15-13/h2-8,16H,9H2,1H3.